The van der Waals surface area contributed by atoms with Crippen molar-refractivity contribution in [3.05, 3.63) is 54.1 Å². The van der Waals surface area contributed by atoms with Crippen molar-refractivity contribution in [3.8, 4) is 22.5 Å². The van der Waals surface area contributed by atoms with Crippen LogP contribution in [0.2, 0.25) is 0 Å². The van der Waals surface area contributed by atoms with Gasteiger partial charge in [-0.15, -0.1) is 5.10 Å². The minimum absolute atomic E-state index is 0.00458. The smallest absolute Gasteiger partial charge is 0.390 e. The summed E-state index contributed by atoms with van der Waals surface area (Å²) in [6.45, 7) is -5.41. The maximum Gasteiger partial charge on any atom is 0.472 e. The van der Waals surface area contributed by atoms with Gasteiger partial charge in [0.1, 0.15) is 47.5 Å². The Hall–Kier alpha value is -3.40. The van der Waals surface area contributed by atoms with Crippen LogP contribution in [0.15, 0.2) is 48.5 Å². The standard InChI is InChI=1S/C70H110N6O24P4S2/c1-51(77)22-13-11-9-7-5-3-4-6-8-10-12-19-37-72-57(70(71)82)27-18-20-38-76-69-55-25-15-14-23-52(55)46-75(58-28-17-16-26-56(58)68(69)73-74-76)67(81)29-21-24-53(78)30-39-88-40-31-54(79)32-45-93-102(84,85)95-48-64-61(35-43-90-64)99-104(87,106)97-50-66-62(36-44-92-66)100-103(86,105)96-49-65-60(34-42-91-65)98-101(2,83)94-47-63-59(80)33-41-89-63/h14-17,23,25-26,28,57,59-66,72,80,83H,2-13,18-22,24,27,29-50H2,1H3,(H2,71,82)(H,84,85)(H,86,105)(H,87,106)/t57-,59+,60-,61-,62+,63+,64-,65-,66+,101?,103?,104?/m0/s1. The number of hydrogen-bond donors (Lipinski definition) is 7. The summed E-state index contributed by atoms with van der Waals surface area (Å²) in [4.78, 5) is 108. The van der Waals surface area contributed by atoms with Crippen LogP contribution in [0, 0.1) is 0 Å². The van der Waals surface area contributed by atoms with E-state index in [2.05, 4.69) is 16.8 Å². The molecule has 2 amide bonds. The van der Waals surface area contributed by atoms with Crippen LogP contribution in [-0.2, 0) is 125 Å². The second-order valence-corrected chi connectivity index (χ2v) is 36.2. The Morgan fingerprint density at radius 2 is 1.12 bits per heavy atom. The molecule has 8 N–H and O–H groups in total. The second-order valence-electron chi connectivity index (χ2n) is 27.4. The van der Waals surface area contributed by atoms with Crippen LogP contribution in [0.25, 0.3) is 22.5 Å². The number of nitrogens with one attached hydrogen (secondary N) is 1. The van der Waals surface area contributed by atoms with Gasteiger partial charge < -0.3 is 96.3 Å². The lowest BCUT2D eigenvalue weighted by molar-refractivity contribution is -0.122. The van der Waals surface area contributed by atoms with Crippen LogP contribution in [-0.4, -0.2) is 209 Å². The number of ether oxygens (including phenoxy) is 5. The number of nitrogens with two attached hydrogens (primary N) is 1. The zero-order valence-corrected chi connectivity index (χ0v) is 66.0. The van der Waals surface area contributed by atoms with Gasteiger partial charge in [0.25, 0.3) is 0 Å². The Morgan fingerprint density at radius 3 is 1.72 bits per heavy atom. The maximum absolute atomic E-state index is 14.2. The number of fused-ring (bicyclic) bond motifs is 5. The number of hydrogen-bond acceptors (Lipinski definition) is 26. The van der Waals surface area contributed by atoms with E-state index < -0.39 is 96.9 Å². The number of unbranched alkanes of at least 4 members (excludes halogenated alkanes) is 12. The third-order valence-corrected chi connectivity index (χ3v) is 24.3. The number of primary amides is 1. The molecule has 0 bridgehead atoms. The second kappa shape index (κ2) is 45.3. The van der Waals surface area contributed by atoms with E-state index in [9.17, 15) is 53.2 Å². The Labute approximate surface area is 632 Å². The van der Waals surface area contributed by atoms with Crippen molar-refractivity contribution in [2.45, 2.75) is 242 Å². The molecule has 596 valence electrons. The predicted octanol–water partition coefficient (Wildman–Crippen LogP) is 9.70. The molecule has 0 spiro atoms. The van der Waals surface area contributed by atoms with Crippen molar-refractivity contribution >= 4 is 93.6 Å². The Kier molecular flexibility index (Phi) is 37.7. The van der Waals surface area contributed by atoms with Crippen LogP contribution in [0.1, 0.15) is 179 Å². The number of anilines is 1. The van der Waals surface area contributed by atoms with Crippen molar-refractivity contribution in [1.82, 2.24) is 20.3 Å². The largest absolute Gasteiger partial charge is 0.472 e. The molecule has 3 aromatic rings. The van der Waals surface area contributed by atoms with E-state index in [-0.39, 0.29) is 134 Å². The molecule has 4 unspecified atom stereocenters. The minimum Gasteiger partial charge on any atom is -0.390 e. The van der Waals surface area contributed by atoms with E-state index >= 15 is 0 Å². The first-order valence-corrected chi connectivity index (χ1v) is 45.7. The number of amides is 2. The van der Waals surface area contributed by atoms with Gasteiger partial charge in [-0.3, -0.25) is 28.2 Å². The highest BCUT2D eigenvalue weighted by molar-refractivity contribution is 8.07. The number of aromatic nitrogens is 3. The number of aliphatic hydroxyl groups is 1. The zero-order valence-electron chi connectivity index (χ0n) is 60.8. The first-order valence-electron chi connectivity index (χ1n) is 37.3. The van der Waals surface area contributed by atoms with E-state index in [1.807, 2.05) is 53.2 Å². The van der Waals surface area contributed by atoms with Crippen LogP contribution in [0.5, 0.6) is 0 Å². The highest BCUT2D eigenvalue weighted by atomic mass is 32.5. The monoisotopic (exact) mass is 1610 g/mol. The number of carbonyl (C=O) groups excluding carboxylic acids is 5. The van der Waals surface area contributed by atoms with Gasteiger partial charge in [-0.2, -0.15) is 0 Å². The van der Waals surface area contributed by atoms with Gasteiger partial charge in [-0.25, -0.2) is 9.25 Å². The average molecular weight is 1610 g/mol. The lowest BCUT2D eigenvalue weighted by Crippen LogP contribution is -2.41. The quantitative estimate of drug-likeness (QED) is 0.0204. The molecular weight excluding hydrogens is 1500 g/mol. The molecular formula is C70H110N6O24P4S2. The first-order chi connectivity index (χ1) is 50.8. The van der Waals surface area contributed by atoms with Crippen molar-refractivity contribution < 1.29 is 113 Å². The number of Topliss-reactive ketones (excluding diaryl/α,β-unsaturated/α-hetero) is 3. The van der Waals surface area contributed by atoms with Gasteiger partial charge in [0.05, 0.1) is 94.6 Å². The minimum atomic E-state index is -4.71. The molecule has 0 aliphatic carbocycles. The SMILES string of the molecule is C=P(O)(OC[C@H]1OCC[C@H]1O)O[C@H]1CCO[C@H]1COP(O)(=S)O[C@@H]1CCO[C@@H]1COP(O)(=S)O[C@H]1CCO[C@H]1COP(=O)(O)OCCC(=O)CCOCCC(=O)CCCC(=O)N1Cc2ccccc2-c2c(nnn2CCCC[C@H](NCCCCCCCCCCCCCCC(C)=O)C(N)=O)-c2ccccc21. The fourth-order valence-corrected chi connectivity index (χ4v) is 18.0. The summed E-state index contributed by atoms with van der Waals surface area (Å²) < 4.78 is 87.0. The Bertz CT molecular complexity index is 3470. The first kappa shape index (κ1) is 88.2. The van der Waals surface area contributed by atoms with Gasteiger partial charge in [-0.05, 0) is 100.0 Å². The highest BCUT2D eigenvalue weighted by Crippen LogP contribution is 2.52. The number of para-hydroxylation sites is 1. The van der Waals surface area contributed by atoms with Gasteiger partial charge in [0.2, 0.25) is 19.4 Å². The summed E-state index contributed by atoms with van der Waals surface area (Å²) in [5.74, 6) is -0.666. The fraction of sp³-hybridized carbons (Fsp3) is 0.714. The summed E-state index contributed by atoms with van der Waals surface area (Å²) in [6.07, 6.45) is 15.8. The molecule has 106 heavy (non-hydrogen) atoms. The normalized spacial score (nSPS) is 23.4. The van der Waals surface area contributed by atoms with Crippen LogP contribution in [0.3, 0.4) is 0 Å². The lowest BCUT2D eigenvalue weighted by Gasteiger charge is -2.28. The molecule has 2 aromatic carbocycles. The summed E-state index contributed by atoms with van der Waals surface area (Å²) >= 11 is 10.6. The molecule has 5 aliphatic heterocycles. The Morgan fingerprint density at radius 1 is 0.604 bits per heavy atom. The summed E-state index contributed by atoms with van der Waals surface area (Å²) in [5.41, 5.74) is 10.6. The van der Waals surface area contributed by atoms with Crippen molar-refractivity contribution in [2.24, 2.45) is 5.73 Å². The molecule has 4 fully saturated rings. The van der Waals surface area contributed by atoms with Crippen molar-refractivity contribution in [3.63, 3.8) is 0 Å². The lowest BCUT2D eigenvalue weighted by atomic mass is 9.95. The number of aliphatic hydroxyl groups excluding tert-OH is 1. The van der Waals surface area contributed by atoms with Crippen molar-refractivity contribution in [1.29, 1.82) is 0 Å². The maximum atomic E-state index is 14.2. The van der Waals surface area contributed by atoms with E-state index in [4.69, 9.17) is 94.3 Å². The summed E-state index contributed by atoms with van der Waals surface area (Å²) in [5, 5.41) is 22.7. The van der Waals surface area contributed by atoms with E-state index in [0.717, 1.165) is 67.5 Å². The predicted molar refractivity (Wildman–Crippen MR) is 403 cm³/mol. The number of carbonyl (C=O) groups is 5. The Balaban J connectivity index is 0.665. The van der Waals surface area contributed by atoms with Gasteiger partial charge >= 0.3 is 21.3 Å². The van der Waals surface area contributed by atoms with E-state index in [1.54, 1.807) is 11.8 Å². The van der Waals surface area contributed by atoms with Gasteiger partial charge in [0, 0.05) is 102 Å². The van der Waals surface area contributed by atoms with Crippen LogP contribution >= 0.6 is 28.8 Å². The molecule has 0 radical (unpaired) electrons. The number of ketones is 3. The number of aryl methyl sites for hydroxylation is 1. The van der Waals surface area contributed by atoms with Gasteiger partial charge in [-0.1, -0.05) is 112 Å². The molecule has 4 saturated heterocycles. The number of phosphoric ester groups is 1. The topological polar surface area (TPSA) is 396 Å². The van der Waals surface area contributed by atoms with E-state index in [1.165, 1.54) is 51.4 Å². The molecule has 30 nitrogen and oxygen atoms in total. The van der Waals surface area contributed by atoms with Crippen LogP contribution in [0.4, 0.5) is 5.69 Å². The zero-order chi connectivity index (χ0) is 76.0. The molecule has 8 rings (SSSR count). The van der Waals surface area contributed by atoms with E-state index in [0.29, 0.717) is 56.6 Å². The molecule has 1 aromatic heterocycles. The molecule has 0 saturated carbocycles. The fourth-order valence-electron chi connectivity index (χ4n) is 13.1. The average Bonchev–Trinajstić information content (AvgIpc) is 1.51. The van der Waals surface area contributed by atoms with Crippen LogP contribution < -0.4 is 16.0 Å². The van der Waals surface area contributed by atoms with Crippen molar-refractivity contribution in [2.75, 3.05) is 84.1 Å². The number of nitrogens with zero attached hydrogens (tertiary/aromatic N) is 4. The number of rotatable bonds is 54. The number of benzene rings is 2. The van der Waals surface area contributed by atoms with Gasteiger partial charge in [0.15, 0.2) is 0 Å². The highest BCUT2D eigenvalue weighted by Gasteiger charge is 2.42. The third kappa shape index (κ3) is 30.6. The summed E-state index contributed by atoms with van der Waals surface area (Å²) in [6, 6.07) is 15.1. The molecule has 13 atom stereocenters. The third-order valence-electron chi connectivity index (χ3n) is 19.0. The number of phosphoric acid groups is 1. The summed E-state index contributed by atoms with van der Waals surface area (Å²) in [7, 11) is -8.32. The molecule has 36 heteroatoms. The molecule has 6 heterocycles. The molecule has 5 aliphatic rings.